The van der Waals surface area contributed by atoms with Crippen molar-refractivity contribution >= 4 is 34.8 Å². The molecule has 0 saturated heterocycles. The number of pyridine rings is 1. The van der Waals surface area contributed by atoms with Crippen LogP contribution in [0.1, 0.15) is 15.9 Å². The number of nitrogens with zero attached hydrogens (tertiary/aromatic N) is 1. The van der Waals surface area contributed by atoms with Crippen molar-refractivity contribution in [3.05, 3.63) is 78.0 Å². The van der Waals surface area contributed by atoms with Crippen LogP contribution in [0.2, 0.25) is 0 Å². The van der Waals surface area contributed by atoms with Gasteiger partial charge < -0.3 is 21.3 Å². The van der Waals surface area contributed by atoms with Crippen LogP contribution in [0.5, 0.6) is 0 Å². The van der Waals surface area contributed by atoms with Gasteiger partial charge in [-0.05, 0) is 54.6 Å². The Kier molecular flexibility index (Phi) is 6.39. The Morgan fingerprint density at radius 2 is 1.55 bits per heavy atom. The summed E-state index contributed by atoms with van der Waals surface area (Å²) in [6.45, 7) is 0. The second kappa shape index (κ2) is 9.16. The van der Waals surface area contributed by atoms with Crippen LogP contribution in [0, 0.1) is 0 Å². The summed E-state index contributed by atoms with van der Waals surface area (Å²) >= 11 is 0. The fourth-order valence-corrected chi connectivity index (χ4v) is 2.63. The highest BCUT2D eigenvalue weighted by Gasteiger charge is 2.30. The molecule has 160 valence electrons. The van der Waals surface area contributed by atoms with Gasteiger partial charge >= 0.3 is 12.2 Å². The maximum Gasteiger partial charge on any atom is 0.416 e. The minimum absolute atomic E-state index is 0.109. The topological polar surface area (TPSA) is 95.2 Å². The number of carbonyl (C=O) groups excluding carboxylic acids is 2. The van der Waals surface area contributed by atoms with Gasteiger partial charge in [-0.25, -0.2) is 9.78 Å². The molecule has 0 unspecified atom stereocenters. The van der Waals surface area contributed by atoms with E-state index >= 15 is 0 Å². The number of hydrogen-bond donors (Lipinski definition) is 4. The number of nitrogens with one attached hydrogen (secondary N) is 4. The molecule has 0 spiro atoms. The van der Waals surface area contributed by atoms with Crippen LogP contribution in [0.4, 0.5) is 40.8 Å². The van der Waals surface area contributed by atoms with E-state index in [1.807, 2.05) is 0 Å². The number of aromatic nitrogens is 1. The molecule has 0 radical (unpaired) electrons. The molecule has 2 aromatic carbocycles. The summed E-state index contributed by atoms with van der Waals surface area (Å²) in [4.78, 5) is 28.1. The molecule has 0 atom stereocenters. The molecule has 10 heteroatoms. The number of amides is 3. The summed E-state index contributed by atoms with van der Waals surface area (Å²) < 4.78 is 38.8. The van der Waals surface area contributed by atoms with Crippen LogP contribution in [0.25, 0.3) is 0 Å². The van der Waals surface area contributed by atoms with E-state index in [0.717, 1.165) is 12.1 Å². The van der Waals surface area contributed by atoms with E-state index in [9.17, 15) is 22.8 Å². The molecule has 7 nitrogen and oxygen atoms in total. The van der Waals surface area contributed by atoms with Crippen molar-refractivity contribution in [3.8, 4) is 0 Å². The van der Waals surface area contributed by atoms with Gasteiger partial charge in [-0.3, -0.25) is 4.79 Å². The van der Waals surface area contributed by atoms with Gasteiger partial charge in [0.1, 0.15) is 5.82 Å². The molecule has 1 aromatic heterocycles. The number of urea groups is 1. The standard InChI is InChI=1S/C21H18F3N5O2/c1-25-20(31)29-15-9-7-14(8-10-15)28-19(30)17-6-3-11-26-18(17)27-16-5-2-4-13(12-16)21(22,23)24/h2-12H,1H3,(H,26,27)(H,28,30)(H2,25,29,31). The molecule has 1 heterocycles. The van der Waals surface area contributed by atoms with Crippen molar-refractivity contribution in [2.75, 3.05) is 23.0 Å². The van der Waals surface area contributed by atoms with Crippen molar-refractivity contribution in [1.29, 1.82) is 0 Å². The van der Waals surface area contributed by atoms with E-state index in [1.54, 1.807) is 30.3 Å². The maximum atomic E-state index is 12.9. The number of alkyl halides is 3. The lowest BCUT2D eigenvalue weighted by Crippen LogP contribution is -2.24. The fourth-order valence-electron chi connectivity index (χ4n) is 2.63. The number of benzene rings is 2. The first-order valence-corrected chi connectivity index (χ1v) is 9.06. The molecule has 3 rings (SSSR count). The van der Waals surface area contributed by atoms with Gasteiger partial charge in [0.15, 0.2) is 0 Å². The first kappa shape index (κ1) is 21.6. The van der Waals surface area contributed by atoms with E-state index in [1.165, 1.54) is 31.4 Å². The number of carbonyl (C=O) groups is 2. The van der Waals surface area contributed by atoms with E-state index in [0.29, 0.717) is 11.4 Å². The predicted octanol–water partition coefficient (Wildman–Crippen LogP) is 4.85. The van der Waals surface area contributed by atoms with Crippen molar-refractivity contribution in [2.45, 2.75) is 6.18 Å². The van der Waals surface area contributed by atoms with E-state index in [4.69, 9.17) is 0 Å². The minimum atomic E-state index is -4.49. The van der Waals surface area contributed by atoms with E-state index in [-0.39, 0.29) is 23.1 Å². The van der Waals surface area contributed by atoms with Gasteiger partial charge in [0.05, 0.1) is 11.1 Å². The Morgan fingerprint density at radius 3 is 2.19 bits per heavy atom. The number of anilines is 4. The Balaban J connectivity index is 1.76. The van der Waals surface area contributed by atoms with Gasteiger partial charge in [-0.2, -0.15) is 13.2 Å². The molecule has 4 N–H and O–H groups in total. The van der Waals surface area contributed by atoms with Crippen molar-refractivity contribution in [2.24, 2.45) is 0 Å². The third-order valence-corrected chi connectivity index (χ3v) is 4.13. The molecular formula is C21H18F3N5O2. The van der Waals surface area contributed by atoms with Gasteiger partial charge in [0, 0.05) is 30.3 Å². The SMILES string of the molecule is CNC(=O)Nc1ccc(NC(=O)c2cccnc2Nc2cccc(C(F)(F)F)c2)cc1. The van der Waals surface area contributed by atoms with Gasteiger partial charge in [-0.15, -0.1) is 0 Å². The summed E-state index contributed by atoms with van der Waals surface area (Å²) in [6.07, 6.45) is -3.06. The Morgan fingerprint density at radius 1 is 0.871 bits per heavy atom. The van der Waals surface area contributed by atoms with Crippen LogP contribution in [-0.4, -0.2) is 24.0 Å². The second-order valence-corrected chi connectivity index (χ2v) is 6.34. The normalized spacial score (nSPS) is 10.8. The smallest absolute Gasteiger partial charge is 0.341 e. The highest BCUT2D eigenvalue weighted by Crippen LogP contribution is 2.31. The number of rotatable bonds is 5. The van der Waals surface area contributed by atoms with Crippen molar-refractivity contribution < 1.29 is 22.8 Å². The molecule has 3 aromatic rings. The molecule has 0 aliphatic heterocycles. The molecule has 0 saturated carbocycles. The molecule has 0 aliphatic rings. The van der Waals surface area contributed by atoms with Crippen LogP contribution < -0.4 is 21.3 Å². The predicted molar refractivity (Wildman–Crippen MR) is 111 cm³/mol. The van der Waals surface area contributed by atoms with E-state index in [2.05, 4.69) is 26.3 Å². The van der Waals surface area contributed by atoms with Gasteiger partial charge in [-0.1, -0.05) is 6.07 Å². The average Bonchev–Trinajstić information content (AvgIpc) is 2.75. The van der Waals surface area contributed by atoms with E-state index < -0.39 is 17.6 Å². The van der Waals surface area contributed by atoms with Gasteiger partial charge in [0.2, 0.25) is 0 Å². The van der Waals surface area contributed by atoms with Crippen LogP contribution in [0.15, 0.2) is 66.9 Å². The largest absolute Gasteiger partial charge is 0.416 e. The Hall–Kier alpha value is -4.08. The van der Waals surface area contributed by atoms with Crippen molar-refractivity contribution in [1.82, 2.24) is 10.3 Å². The maximum absolute atomic E-state index is 12.9. The third-order valence-electron chi connectivity index (χ3n) is 4.13. The zero-order chi connectivity index (χ0) is 22.4. The van der Waals surface area contributed by atoms with Gasteiger partial charge in [0.25, 0.3) is 5.91 Å². The molecule has 3 amide bonds. The summed E-state index contributed by atoms with van der Waals surface area (Å²) in [5.41, 5.74) is 0.469. The highest BCUT2D eigenvalue weighted by molar-refractivity contribution is 6.07. The zero-order valence-electron chi connectivity index (χ0n) is 16.2. The molecule has 31 heavy (non-hydrogen) atoms. The summed E-state index contributed by atoms with van der Waals surface area (Å²) in [7, 11) is 1.49. The van der Waals surface area contributed by atoms with Crippen LogP contribution in [0.3, 0.4) is 0 Å². The second-order valence-electron chi connectivity index (χ2n) is 6.34. The summed E-state index contributed by atoms with van der Waals surface area (Å²) in [6, 6.07) is 13.7. The molecule has 0 aliphatic carbocycles. The quantitative estimate of drug-likeness (QED) is 0.466. The lowest BCUT2D eigenvalue weighted by Gasteiger charge is -2.13. The molecule has 0 bridgehead atoms. The minimum Gasteiger partial charge on any atom is -0.341 e. The zero-order valence-corrected chi connectivity index (χ0v) is 16.2. The summed E-state index contributed by atoms with van der Waals surface area (Å²) in [5.74, 6) is -0.396. The highest BCUT2D eigenvalue weighted by atomic mass is 19.4. The van der Waals surface area contributed by atoms with Crippen LogP contribution >= 0.6 is 0 Å². The lowest BCUT2D eigenvalue weighted by atomic mass is 10.1. The molecular weight excluding hydrogens is 411 g/mol. The Bertz CT molecular complexity index is 1080. The summed E-state index contributed by atoms with van der Waals surface area (Å²) in [5, 5.41) is 10.5. The average molecular weight is 429 g/mol. The first-order chi connectivity index (χ1) is 14.8. The fraction of sp³-hybridized carbons (Fsp3) is 0.0952. The number of halogens is 3. The Labute approximate surface area is 175 Å². The number of hydrogen-bond acceptors (Lipinski definition) is 4. The monoisotopic (exact) mass is 429 g/mol. The molecule has 0 fully saturated rings. The lowest BCUT2D eigenvalue weighted by molar-refractivity contribution is -0.137. The van der Waals surface area contributed by atoms with Crippen molar-refractivity contribution in [3.63, 3.8) is 0 Å². The van der Waals surface area contributed by atoms with Crippen LogP contribution in [-0.2, 0) is 6.18 Å². The first-order valence-electron chi connectivity index (χ1n) is 9.06. The third kappa shape index (κ3) is 5.72.